The van der Waals surface area contributed by atoms with Crippen molar-refractivity contribution in [2.24, 2.45) is 0 Å². The van der Waals surface area contributed by atoms with E-state index in [0.29, 0.717) is 0 Å². The molecule has 3 aromatic heterocycles. The molecule has 102 valence electrons. The lowest BCUT2D eigenvalue weighted by Crippen LogP contribution is -2.18. The van der Waals surface area contributed by atoms with Crippen molar-refractivity contribution in [2.45, 2.75) is 25.5 Å². The fourth-order valence-electron chi connectivity index (χ4n) is 2.90. The zero-order valence-corrected chi connectivity index (χ0v) is 11.1. The van der Waals surface area contributed by atoms with E-state index in [1.165, 1.54) is 6.42 Å². The molecule has 0 radical (unpaired) electrons. The number of aromatic nitrogens is 4. The minimum absolute atomic E-state index is 0.0868. The van der Waals surface area contributed by atoms with Crippen LogP contribution in [0.15, 0.2) is 36.7 Å². The van der Waals surface area contributed by atoms with Crippen molar-refractivity contribution < 1.29 is 4.74 Å². The maximum absolute atomic E-state index is 5.97. The van der Waals surface area contributed by atoms with Crippen LogP contribution in [0.25, 0.3) is 22.4 Å². The van der Waals surface area contributed by atoms with E-state index >= 15 is 0 Å². The molecule has 1 fully saturated rings. The number of hydrogen-bond acceptors (Lipinski definition) is 3. The summed E-state index contributed by atoms with van der Waals surface area (Å²) in [6.07, 6.45) is 7.07. The van der Waals surface area contributed by atoms with Crippen molar-refractivity contribution in [1.29, 1.82) is 0 Å². The second-order valence-corrected chi connectivity index (χ2v) is 5.10. The lowest BCUT2D eigenvalue weighted by molar-refractivity contribution is -0.0282. The topological polar surface area (TPSA) is 55.7 Å². The smallest absolute Gasteiger partial charge is 0.134 e. The van der Waals surface area contributed by atoms with Gasteiger partial charge in [0.2, 0.25) is 0 Å². The molecule has 0 amide bonds. The Morgan fingerprint density at radius 1 is 1.25 bits per heavy atom. The molecule has 5 nitrogen and oxygen atoms in total. The molecule has 20 heavy (non-hydrogen) atoms. The van der Waals surface area contributed by atoms with Gasteiger partial charge in [0, 0.05) is 19.0 Å². The first-order chi connectivity index (χ1) is 9.93. The Bertz CT molecular complexity index is 711. The predicted molar refractivity (Wildman–Crippen MR) is 76.2 cm³/mol. The molecule has 1 saturated heterocycles. The molecule has 0 bridgehead atoms. The molecule has 0 saturated carbocycles. The fourth-order valence-corrected chi connectivity index (χ4v) is 2.90. The van der Waals surface area contributed by atoms with Crippen LogP contribution in [0.3, 0.4) is 0 Å². The summed E-state index contributed by atoms with van der Waals surface area (Å²) >= 11 is 0. The van der Waals surface area contributed by atoms with Crippen molar-refractivity contribution >= 4 is 11.0 Å². The van der Waals surface area contributed by atoms with Crippen LogP contribution in [0.2, 0.25) is 0 Å². The van der Waals surface area contributed by atoms with Gasteiger partial charge in [-0.3, -0.25) is 10.1 Å². The second kappa shape index (κ2) is 4.76. The highest BCUT2D eigenvalue weighted by molar-refractivity contribution is 5.83. The standard InChI is InChI=1S/C15H16N4O/c1-2-9-20-15(5-1)19-13-4-3-7-16-12(13)10-14(19)11-6-8-17-18-11/h3-4,6-8,10,15H,1-2,5,9H2,(H,17,18). The summed E-state index contributed by atoms with van der Waals surface area (Å²) in [7, 11) is 0. The Hall–Kier alpha value is -2.14. The van der Waals surface area contributed by atoms with Crippen LogP contribution < -0.4 is 0 Å². The fraction of sp³-hybridized carbons (Fsp3) is 0.333. The van der Waals surface area contributed by atoms with Crippen LogP contribution in [0, 0.1) is 0 Å². The molecule has 4 heterocycles. The number of H-pyrrole nitrogens is 1. The predicted octanol–water partition coefficient (Wildman–Crippen LogP) is 3.13. The van der Waals surface area contributed by atoms with Crippen LogP contribution >= 0.6 is 0 Å². The molecule has 0 aliphatic carbocycles. The summed E-state index contributed by atoms with van der Waals surface area (Å²) < 4.78 is 8.22. The van der Waals surface area contributed by atoms with Crippen molar-refractivity contribution in [3.05, 3.63) is 36.7 Å². The van der Waals surface area contributed by atoms with Crippen molar-refractivity contribution in [1.82, 2.24) is 19.7 Å². The van der Waals surface area contributed by atoms with E-state index in [0.717, 1.165) is 41.9 Å². The quantitative estimate of drug-likeness (QED) is 0.777. The molecule has 1 unspecified atom stereocenters. The van der Waals surface area contributed by atoms with Gasteiger partial charge in [0.05, 0.1) is 22.4 Å². The highest BCUT2D eigenvalue weighted by Crippen LogP contribution is 2.33. The van der Waals surface area contributed by atoms with Crippen molar-refractivity contribution in [3.63, 3.8) is 0 Å². The molecule has 5 heteroatoms. The number of nitrogens with one attached hydrogen (secondary N) is 1. The van der Waals surface area contributed by atoms with Gasteiger partial charge < -0.3 is 9.30 Å². The summed E-state index contributed by atoms with van der Waals surface area (Å²) in [5.41, 5.74) is 4.19. The summed E-state index contributed by atoms with van der Waals surface area (Å²) in [5.74, 6) is 0. The van der Waals surface area contributed by atoms with Crippen LogP contribution in [0.4, 0.5) is 0 Å². The number of hydrogen-bond donors (Lipinski definition) is 1. The Morgan fingerprint density at radius 2 is 2.25 bits per heavy atom. The largest absolute Gasteiger partial charge is 0.358 e. The first-order valence-electron chi connectivity index (χ1n) is 7.01. The molecule has 1 aliphatic heterocycles. The van der Waals surface area contributed by atoms with Crippen LogP contribution in [0.5, 0.6) is 0 Å². The van der Waals surface area contributed by atoms with E-state index in [9.17, 15) is 0 Å². The van der Waals surface area contributed by atoms with E-state index < -0.39 is 0 Å². The molecule has 0 aromatic carbocycles. The second-order valence-electron chi connectivity index (χ2n) is 5.10. The summed E-state index contributed by atoms with van der Waals surface area (Å²) in [4.78, 5) is 4.46. The van der Waals surface area contributed by atoms with Gasteiger partial charge in [0.1, 0.15) is 6.23 Å². The van der Waals surface area contributed by atoms with Crippen LogP contribution in [-0.4, -0.2) is 26.4 Å². The van der Waals surface area contributed by atoms with E-state index in [1.54, 1.807) is 6.20 Å². The molecular formula is C15H16N4O. The lowest BCUT2D eigenvalue weighted by atomic mass is 10.2. The Labute approximate surface area is 116 Å². The molecule has 1 atom stereocenters. The van der Waals surface area contributed by atoms with Gasteiger partial charge in [-0.1, -0.05) is 0 Å². The van der Waals surface area contributed by atoms with Gasteiger partial charge in [-0.2, -0.15) is 5.10 Å². The number of aromatic amines is 1. The van der Waals surface area contributed by atoms with E-state index in [-0.39, 0.29) is 6.23 Å². The number of pyridine rings is 1. The zero-order valence-electron chi connectivity index (χ0n) is 11.1. The van der Waals surface area contributed by atoms with Crippen molar-refractivity contribution in [2.75, 3.05) is 6.61 Å². The maximum atomic E-state index is 5.97. The van der Waals surface area contributed by atoms with E-state index in [2.05, 4.69) is 31.9 Å². The number of fused-ring (bicyclic) bond motifs is 1. The summed E-state index contributed by atoms with van der Waals surface area (Å²) in [5, 5.41) is 7.10. The van der Waals surface area contributed by atoms with Gasteiger partial charge in [-0.15, -0.1) is 0 Å². The SMILES string of the molecule is c1cnc2cc(-c3ccn[nH]3)n(C3CCCCO3)c2c1. The molecular weight excluding hydrogens is 252 g/mol. The van der Waals surface area contributed by atoms with Crippen LogP contribution in [0.1, 0.15) is 25.5 Å². The van der Waals surface area contributed by atoms with Gasteiger partial charge in [-0.05, 0) is 43.5 Å². The lowest BCUT2D eigenvalue weighted by Gasteiger charge is -2.26. The first kappa shape index (κ1) is 11.7. The Balaban J connectivity index is 1.93. The zero-order chi connectivity index (χ0) is 13.4. The summed E-state index contributed by atoms with van der Waals surface area (Å²) in [6.45, 7) is 0.826. The third-order valence-electron chi connectivity index (χ3n) is 3.83. The first-order valence-corrected chi connectivity index (χ1v) is 7.01. The van der Waals surface area contributed by atoms with E-state index in [1.807, 2.05) is 18.3 Å². The highest BCUT2D eigenvalue weighted by atomic mass is 16.5. The third kappa shape index (κ3) is 1.82. The minimum Gasteiger partial charge on any atom is -0.358 e. The molecule has 4 rings (SSSR count). The average Bonchev–Trinajstić information content (AvgIpc) is 3.15. The Morgan fingerprint density at radius 3 is 3.05 bits per heavy atom. The monoisotopic (exact) mass is 268 g/mol. The number of nitrogens with zero attached hydrogens (tertiary/aromatic N) is 3. The minimum atomic E-state index is 0.0868. The Kier molecular flexibility index (Phi) is 2.77. The molecule has 0 spiro atoms. The molecule has 1 aliphatic rings. The van der Waals surface area contributed by atoms with Gasteiger partial charge >= 0.3 is 0 Å². The molecule has 1 N–H and O–H groups in total. The van der Waals surface area contributed by atoms with Gasteiger partial charge in [0.15, 0.2) is 0 Å². The van der Waals surface area contributed by atoms with Gasteiger partial charge in [0.25, 0.3) is 0 Å². The van der Waals surface area contributed by atoms with E-state index in [4.69, 9.17) is 4.74 Å². The highest BCUT2D eigenvalue weighted by Gasteiger charge is 2.22. The number of rotatable bonds is 2. The normalized spacial score (nSPS) is 19.5. The number of ether oxygens (including phenoxy) is 1. The average molecular weight is 268 g/mol. The van der Waals surface area contributed by atoms with Crippen LogP contribution in [-0.2, 0) is 4.74 Å². The van der Waals surface area contributed by atoms with Crippen molar-refractivity contribution in [3.8, 4) is 11.4 Å². The third-order valence-corrected chi connectivity index (χ3v) is 3.83. The molecule has 3 aromatic rings. The maximum Gasteiger partial charge on any atom is 0.134 e. The van der Waals surface area contributed by atoms with Gasteiger partial charge in [-0.25, -0.2) is 0 Å². The summed E-state index contributed by atoms with van der Waals surface area (Å²) in [6, 6.07) is 8.15.